The van der Waals surface area contributed by atoms with Gasteiger partial charge in [0.25, 0.3) is 0 Å². The normalized spacial score (nSPS) is 12.2. The van der Waals surface area contributed by atoms with Gasteiger partial charge in [-0.15, -0.1) is 0 Å². The molecule has 1 unspecified atom stereocenters. The van der Waals surface area contributed by atoms with Crippen LogP contribution in [0.2, 0.25) is 5.02 Å². The van der Waals surface area contributed by atoms with Gasteiger partial charge in [-0.2, -0.15) is 0 Å². The van der Waals surface area contributed by atoms with Gasteiger partial charge in [0.1, 0.15) is 11.6 Å². The summed E-state index contributed by atoms with van der Waals surface area (Å²) in [6.45, 7) is 2.03. The van der Waals surface area contributed by atoms with Gasteiger partial charge in [0.15, 0.2) is 0 Å². The van der Waals surface area contributed by atoms with Crippen LogP contribution in [0.15, 0.2) is 36.5 Å². The highest BCUT2D eigenvalue weighted by Gasteiger charge is 2.06. The minimum Gasteiger partial charge on any atom is -0.439 e. The predicted molar refractivity (Wildman–Crippen MR) is 73.2 cm³/mol. The molecule has 0 saturated heterocycles. The van der Waals surface area contributed by atoms with E-state index < -0.39 is 5.82 Å². The minimum absolute atomic E-state index is 0.0681. The van der Waals surface area contributed by atoms with E-state index >= 15 is 0 Å². The molecule has 0 aliphatic carbocycles. The number of nitrogens with zero attached hydrogens (tertiary/aromatic N) is 1. The summed E-state index contributed by atoms with van der Waals surface area (Å²) < 4.78 is 18.7. The van der Waals surface area contributed by atoms with Crippen LogP contribution in [0.4, 0.5) is 4.39 Å². The smallest absolute Gasteiger partial charge is 0.219 e. The lowest BCUT2D eigenvalue weighted by molar-refractivity contribution is 0.457. The molecule has 3 nitrogen and oxygen atoms in total. The van der Waals surface area contributed by atoms with E-state index in [1.54, 1.807) is 18.3 Å². The summed E-state index contributed by atoms with van der Waals surface area (Å²) in [7, 11) is 1.88. The first-order chi connectivity index (χ1) is 9.10. The van der Waals surface area contributed by atoms with E-state index in [1.165, 1.54) is 12.1 Å². The van der Waals surface area contributed by atoms with Crippen LogP contribution in [-0.4, -0.2) is 12.0 Å². The number of hydrogen-bond donors (Lipinski definition) is 1. The van der Waals surface area contributed by atoms with Crippen molar-refractivity contribution in [2.24, 2.45) is 0 Å². The van der Waals surface area contributed by atoms with Gasteiger partial charge >= 0.3 is 0 Å². The van der Waals surface area contributed by atoms with Gasteiger partial charge in [-0.3, -0.25) is 0 Å². The summed E-state index contributed by atoms with van der Waals surface area (Å²) in [5.41, 5.74) is 1.05. The molecule has 1 atom stereocenters. The fourth-order valence-electron chi connectivity index (χ4n) is 1.54. The van der Waals surface area contributed by atoms with Gasteiger partial charge in [0.2, 0.25) is 5.88 Å². The first-order valence-corrected chi connectivity index (χ1v) is 6.24. The Kier molecular flexibility index (Phi) is 4.35. The van der Waals surface area contributed by atoms with E-state index in [-0.39, 0.29) is 11.1 Å². The monoisotopic (exact) mass is 280 g/mol. The molecule has 100 valence electrons. The van der Waals surface area contributed by atoms with Crippen LogP contribution in [0.25, 0.3) is 0 Å². The Morgan fingerprint density at radius 3 is 2.68 bits per heavy atom. The Balaban J connectivity index is 2.12. The predicted octanol–water partition coefficient (Wildman–Crippen LogP) is 3.95. The zero-order valence-corrected chi connectivity index (χ0v) is 11.4. The van der Waals surface area contributed by atoms with Crippen molar-refractivity contribution in [3.63, 3.8) is 0 Å². The van der Waals surface area contributed by atoms with Gasteiger partial charge in [-0.05, 0) is 31.7 Å². The number of halogens is 2. The SMILES string of the molecule is CNC(C)c1ccc(Oc2ccc(Cl)c(F)c2)nc1. The molecule has 19 heavy (non-hydrogen) atoms. The quantitative estimate of drug-likeness (QED) is 0.921. The highest BCUT2D eigenvalue weighted by molar-refractivity contribution is 6.30. The lowest BCUT2D eigenvalue weighted by Gasteiger charge is -2.11. The van der Waals surface area contributed by atoms with Gasteiger partial charge in [-0.1, -0.05) is 17.7 Å². The molecule has 1 N–H and O–H groups in total. The molecule has 0 bridgehead atoms. The van der Waals surface area contributed by atoms with Crippen molar-refractivity contribution >= 4 is 11.6 Å². The maximum atomic E-state index is 13.3. The molecule has 0 saturated carbocycles. The molecular weight excluding hydrogens is 267 g/mol. The lowest BCUT2D eigenvalue weighted by Crippen LogP contribution is -2.12. The van der Waals surface area contributed by atoms with E-state index in [4.69, 9.17) is 16.3 Å². The standard InChI is InChI=1S/C14H14ClFN2O/c1-9(17-2)10-3-6-14(18-8-10)19-11-4-5-12(15)13(16)7-11/h3-9,17H,1-2H3. The molecule has 1 heterocycles. The fraction of sp³-hybridized carbons (Fsp3) is 0.214. The third-order valence-corrected chi connectivity index (χ3v) is 3.11. The Hall–Kier alpha value is -1.65. The van der Waals surface area contributed by atoms with Crippen LogP contribution in [-0.2, 0) is 0 Å². The highest BCUT2D eigenvalue weighted by atomic mass is 35.5. The van der Waals surface area contributed by atoms with Gasteiger partial charge in [-0.25, -0.2) is 9.37 Å². The van der Waals surface area contributed by atoms with Crippen molar-refractivity contribution in [3.05, 3.63) is 52.9 Å². The molecule has 0 aliphatic heterocycles. The second-order valence-electron chi connectivity index (χ2n) is 4.12. The van der Waals surface area contributed by atoms with E-state index in [9.17, 15) is 4.39 Å². The molecule has 0 radical (unpaired) electrons. The van der Waals surface area contributed by atoms with Crippen molar-refractivity contribution in [2.75, 3.05) is 7.05 Å². The number of aromatic nitrogens is 1. The Bertz CT molecular complexity index is 560. The van der Waals surface area contributed by atoms with Gasteiger partial charge in [0.05, 0.1) is 5.02 Å². The summed E-state index contributed by atoms with van der Waals surface area (Å²) in [5.74, 6) is 0.261. The number of hydrogen-bond acceptors (Lipinski definition) is 3. The molecular formula is C14H14ClFN2O. The maximum Gasteiger partial charge on any atom is 0.219 e. The molecule has 1 aromatic heterocycles. The van der Waals surface area contributed by atoms with Crippen molar-refractivity contribution in [2.45, 2.75) is 13.0 Å². The average molecular weight is 281 g/mol. The molecule has 0 amide bonds. The average Bonchev–Trinajstić information content (AvgIpc) is 2.43. The molecule has 0 aliphatic rings. The van der Waals surface area contributed by atoms with Crippen LogP contribution in [0.1, 0.15) is 18.5 Å². The molecule has 2 aromatic rings. The summed E-state index contributed by atoms with van der Waals surface area (Å²) in [6.07, 6.45) is 1.72. The van der Waals surface area contributed by atoms with E-state index in [2.05, 4.69) is 10.3 Å². The third kappa shape index (κ3) is 3.43. The number of rotatable bonds is 4. The third-order valence-electron chi connectivity index (χ3n) is 2.81. The van der Waals surface area contributed by atoms with Crippen LogP contribution in [0, 0.1) is 5.82 Å². The first kappa shape index (κ1) is 13.8. The molecule has 0 fully saturated rings. The largest absolute Gasteiger partial charge is 0.439 e. The molecule has 0 spiro atoms. The topological polar surface area (TPSA) is 34.1 Å². The molecule has 1 aromatic carbocycles. The lowest BCUT2D eigenvalue weighted by atomic mass is 10.1. The van der Waals surface area contributed by atoms with Crippen molar-refractivity contribution in [1.82, 2.24) is 10.3 Å². The second kappa shape index (κ2) is 5.99. The summed E-state index contributed by atoms with van der Waals surface area (Å²) in [4.78, 5) is 4.18. The fourth-order valence-corrected chi connectivity index (χ4v) is 1.65. The molecule has 2 rings (SSSR count). The van der Waals surface area contributed by atoms with Crippen LogP contribution in [0.5, 0.6) is 11.6 Å². The number of benzene rings is 1. The van der Waals surface area contributed by atoms with Crippen LogP contribution < -0.4 is 10.1 Å². The minimum atomic E-state index is -0.514. The highest BCUT2D eigenvalue weighted by Crippen LogP contribution is 2.24. The van der Waals surface area contributed by atoms with Gasteiger partial charge in [0, 0.05) is 24.4 Å². The Labute approximate surface area is 116 Å². The summed E-state index contributed by atoms with van der Waals surface area (Å²) >= 11 is 5.60. The van der Waals surface area contributed by atoms with E-state index in [0.717, 1.165) is 5.56 Å². The summed E-state index contributed by atoms with van der Waals surface area (Å²) in [5, 5.41) is 3.19. The van der Waals surface area contributed by atoms with Crippen molar-refractivity contribution in [1.29, 1.82) is 0 Å². The Morgan fingerprint density at radius 1 is 1.32 bits per heavy atom. The van der Waals surface area contributed by atoms with Crippen LogP contribution in [0.3, 0.4) is 0 Å². The van der Waals surface area contributed by atoms with Crippen LogP contribution >= 0.6 is 11.6 Å². The zero-order valence-electron chi connectivity index (χ0n) is 10.7. The van der Waals surface area contributed by atoms with Crippen molar-refractivity contribution in [3.8, 4) is 11.6 Å². The van der Waals surface area contributed by atoms with Crippen molar-refractivity contribution < 1.29 is 9.13 Å². The van der Waals surface area contributed by atoms with E-state index in [0.29, 0.717) is 11.6 Å². The number of pyridine rings is 1. The summed E-state index contributed by atoms with van der Waals surface area (Å²) in [6, 6.07) is 8.15. The second-order valence-corrected chi connectivity index (χ2v) is 4.53. The number of nitrogens with one attached hydrogen (secondary N) is 1. The Morgan fingerprint density at radius 2 is 2.11 bits per heavy atom. The van der Waals surface area contributed by atoms with Gasteiger partial charge < -0.3 is 10.1 Å². The number of ether oxygens (including phenoxy) is 1. The zero-order chi connectivity index (χ0) is 13.8. The maximum absolute atomic E-state index is 13.3. The first-order valence-electron chi connectivity index (χ1n) is 5.86. The van der Waals surface area contributed by atoms with E-state index in [1.807, 2.05) is 20.0 Å². The molecule has 5 heteroatoms.